The van der Waals surface area contributed by atoms with Crippen LogP contribution in [-0.2, 0) is 28.9 Å². The molecule has 13 heteroatoms. The van der Waals surface area contributed by atoms with Crippen molar-refractivity contribution in [1.82, 2.24) is 24.8 Å². The lowest BCUT2D eigenvalue weighted by Gasteiger charge is -2.35. The largest absolute Gasteiger partial charge is 0.416 e. The normalized spacial score (nSPS) is 20.4. The van der Waals surface area contributed by atoms with Gasteiger partial charge >= 0.3 is 12.2 Å². The number of fused-ring (bicyclic) bond motifs is 1. The molecule has 2 aromatic rings. The average Bonchev–Trinajstić information content (AvgIpc) is 3.30. The van der Waals surface area contributed by atoms with Crippen LogP contribution in [0.3, 0.4) is 0 Å². The van der Waals surface area contributed by atoms with Crippen molar-refractivity contribution in [1.29, 1.82) is 0 Å². The van der Waals surface area contributed by atoms with Gasteiger partial charge in [-0.2, -0.15) is 13.2 Å². The summed E-state index contributed by atoms with van der Waals surface area (Å²) in [6.45, 7) is 4.62. The van der Waals surface area contributed by atoms with Crippen LogP contribution in [0.4, 0.5) is 23.7 Å². The molecule has 1 aliphatic rings. The molecule has 2 N–H and O–H groups in total. The zero-order chi connectivity index (χ0) is 27.2. The summed E-state index contributed by atoms with van der Waals surface area (Å²) in [6.07, 6.45) is -2.52. The monoisotopic (exact) mass is 526 g/mol. The van der Waals surface area contributed by atoms with Crippen LogP contribution in [0.15, 0.2) is 30.5 Å². The Balaban J connectivity index is 1.74. The summed E-state index contributed by atoms with van der Waals surface area (Å²) in [5.41, 5.74) is 0.155. The molecule has 1 aromatic carbocycles. The summed E-state index contributed by atoms with van der Waals surface area (Å²) in [6, 6.07) is 3.28. The van der Waals surface area contributed by atoms with Crippen molar-refractivity contribution < 1.29 is 32.6 Å². The van der Waals surface area contributed by atoms with Crippen LogP contribution in [0.1, 0.15) is 37.9 Å². The maximum Gasteiger partial charge on any atom is 0.416 e. The van der Waals surface area contributed by atoms with Crippen molar-refractivity contribution >= 4 is 17.6 Å². The molecule has 0 fully saturated rings. The highest BCUT2D eigenvalue weighted by Gasteiger charge is 2.31. The Labute approximate surface area is 213 Å². The number of amides is 3. The second-order valence-electron chi connectivity index (χ2n) is 9.34. The molecule has 0 saturated heterocycles. The fraction of sp³-hybridized carbons (Fsp3) is 0.583. The van der Waals surface area contributed by atoms with Gasteiger partial charge in [0, 0.05) is 44.7 Å². The van der Waals surface area contributed by atoms with Crippen molar-refractivity contribution in [3.05, 3.63) is 41.7 Å². The van der Waals surface area contributed by atoms with Crippen molar-refractivity contribution in [3.8, 4) is 0 Å². The molecular weight excluding hydrogens is 493 g/mol. The molecule has 0 aliphatic carbocycles. The van der Waals surface area contributed by atoms with Crippen LogP contribution in [0, 0.1) is 5.92 Å². The second kappa shape index (κ2) is 12.4. The standard InChI is InChI=1S/C24H33F3N6O4/c1-16-12-32(17(2)14-34)22(35)5-4-10-33-20(11-28-30-33)15-37-21(16)13-31(3)23(36)29-19-8-6-18(7-9-19)24(25,26)27/h6-9,11,16-17,21,34H,4-5,10,12-15H2,1-3H3,(H,29,36)/t16-,17-,21-/m1/s1. The van der Waals surface area contributed by atoms with Gasteiger partial charge in [0.05, 0.1) is 42.8 Å². The number of aromatic nitrogens is 3. The first-order valence-electron chi connectivity index (χ1n) is 12.1. The number of nitrogens with zero attached hydrogens (tertiary/aromatic N) is 5. The Hall–Kier alpha value is -3.19. The molecular formula is C24H33F3N6O4. The third-order valence-corrected chi connectivity index (χ3v) is 6.40. The lowest BCUT2D eigenvalue weighted by atomic mass is 10.0. The number of rotatable bonds is 5. The number of aliphatic hydroxyl groups is 1. The van der Waals surface area contributed by atoms with E-state index in [1.54, 1.807) is 29.7 Å². The molecule has 3 atom stereocenters. The number of carbonyl (C=O) groups excluding carboxylic acids is 2. The van der Waals surface area contributed by atoms with Gasteiger partial charge in [-0.15, -0.1) is 5.10 Å². The van der Waals surface area contributed by atoms with Crippen LogP contribution in [0.2, 0.25) is 0 Å². The molecule has 1 aromatic heterocycles. The van der Waals surface area contributed by atoms with E-state index in [1.165, 1.54) is 17.0 Å². The minimum absolute atomic E-state index is 0.0946. The number of urea groups is 1. The number of halogens is 3. The first-order valence-corrected chi connectivity index (χ1v) is 12.1. The first kappa shape index (κ1) is 28.4. The van der Waals surface area contributed by atoms with Crippen molar-refractivity contribution in [2.24, 2.45) is 5.92 Å². The van der Waals surface area contributed by atoms with E-state index < -0.39 is 23.9 Å². The van der Waals surface area contributed by atoms with Gasteiger partial charge in [0.1, 0.15) is 0 Å². The SMILES string of the molecule is C[C@@H]1CN([C@H](C)CO)C(=O)CCCn2nncc2CO[C@@H]1CN(C)C(=O)Nc1ccc(C(F)(F)F)cc1. The number of hydrogen-bond donors (Lipinski definition) is 2. The molecule has 1 aliphatic heterocycles. The Kier molecular flexibility index (Phi) is 9.49. The van der Waals surface area contributed by atoms with Gasteiger partial charge in [-0.3, -0.25) is 4.79 Å². The number of benzene rings is 1. The number of anilines is 1. The smallest absolute Gasteiger partial charge is 0.394 e. The van der Waals surface area contributed by atoms with Crippen molar-refractivity contribution in [3.63, 3.8) is 0 Å². The number of hydrogen-bond acceptors (Lipinski definition) is 6. The van der Waals surface area contributed by atoms with Gasteiger partial charge in [-0.05, 0) is 37.6 Å². The molecule has 0 saturated carbocycles. The Bertz CT molecular complexity index is 1050. The van der Waals surface area contributed by atoms with E-state index >= 15 is 0 Å². The third kappa shape index (κ3) is 7.65. The molecule has 10 nitrogen and oxygen atoms in total. The zero-order valence-corrected chi connectivity index (χ0v) is 21.1. The summed E-state index contributed by atoms with van der Waals surface area (Å²) in [5.74, 6) is -0.314. The molecule has 204 valence electrons. The fourth-order valence-electron chi connectivity index (χ4n) is 4.06. The number of aliphatic hydroxyl groups excluding tert-OH is 1. The maximum atomic E-state index is 12.9. The van der Waals surface area contributed by atoms with Crippen LogP contribution in [0.25, 0.3) is 0 Å². The van der Waals surface area contributed by atoms with E-state index in [9.17, 15) is 27.9 Å². The van der Waals surface area contributed by atoms with Crippen LogP contribution >= 0.6 is 0 Å². The van der Waals surface area contributed by atoms with E-state index in [2.05, 4.69) is 15.6 Å². The van der Waals surface area contributed by atoms with Crippen LogP contribution in [0.5, 0.6) is 0 Å². The predicted molar refractivity (Wildman–Crippen MR) is 128 cm³/mol. The lowest BCUT2D eigenvalue weighted by molar-refractivity contribution is -0.138. The van der Waals surface area contributed by atoms with Crippen molar-refractivity contribution in [2.45, 2.75) is 58.2 Å². The highest BCUT2D eigenvalue weighted by molar-refractivity contribution is 5.89. The minimum Gasteiger partial charge on any atom is -0.394 e. The Morgan fingerprint density at radius 2 is 2.03 bits per heavy atom. The van der Waals surface area contributed by atoms with Crippen LogP contribution < -0.4 is 5.32 Å². The molecule has 0 bridgehead atoms. The van der Waals surface area contributed by atoms with E-state index in [1.807, 2.05) is 6.92 Å². The number of likely N-dealkylation sites (N-methyl/N-ethyl adjacent to an activating group) is 1. The lowest BCUT2D eigenvalue weighted by Crippen LogP contribution is -2.48. The maximum absolute atomic E-state index is 12.9. The fourth-order valence-corrected chi connectivity index (χ4v) is 4.06. The van der Waals surface area contributed by atoms with E-state index in [-0.39, 0.29) is 49.7 Å². The van der Waals surface area contributed by atoms with Gasteiger partial charge in [-0.25, -0.2) is 9.48 Å². The first-order chi connectivity index (χ1) is 17.5. The number of aryl methyl sites for hydroxylation is 1. The second-order valence-corrected chi connectivity index (χ2v) is 9.34. The van der Waals surface area contributed by atoms with Gasteiger partial charge in [0.25, 0.3) is 0 Å². The molecule has 3 amide bonds. The summed E-state index contributed by atoms with van der Waals surface area (Å²) >= 11 is 0. The van der Waals surface area contributed by atoms with E-state index in [0.29, 0.717) is 19.5 Å². The topological polar surface area (TPSA) is 113 Å². The molecule has 3 rings (SSSR count). The summed E-state index contributed by atoms with van der Waals surface area (Å²) in [7, 11) is 1.55. The number of ether oxygens (including phenoxy) is 1. The van der Waals surface area contributed by atoms with Gasteiger partial charge in [0.15, 0.2) is 0 Å². The Morgan fingerprint density at radius 1 is 1.32 bits per heavy atom. The minimum atomic E-state index is -4.46. The quantitative estimate of drug-likeness (QED) is 0.620. The molecule has 0 spiro atoms. The average molecular weight is 527 g/mol. The highest BCUT2D eigenvalue weighted by atomic mass is 19.4. The molecule has 2 heterocycles. The van der Waals surface area contributed by atoms with E-state index in [0.717, 1.165) is 17.8 Å². The van der Waals surface area contributed by atoms with Crippen LogP contribution in [-0.4, -0.2) is 80.7 Å². The predicted octanol–water partition coefficient (Wildman–Crippen LogP) is 2.99. The summed E-state index contributed by atoms with van der Waals surface area (Å²) in [5, 5.41) is 20.3. The van der Waals surface area contributed by atoms with Crippen molar-refractivity contribution in [2.75, 3.05) is 32.1 Å². The van der Waals surface area contributed by atoms with E-state index in [4.69, 9.17) is 4.74 Å². The molecule has 37 heavy (non-hydrogen) atoms. The summed E-state index contributed by atoms with van der Waals surface area (Å²) in [4.78, 5) is 28.7. The van der Waals surface area contributed by atoms with Gasteiger partial charge in [-0.1, -0.05) is 12.1 Å². The zero-order valence-electron chi connectivity index (χ0n) is 21.1. The van der Waals surface area contributed by atoms with Gasteiger partial charge < -0.3 is 25.0 Å². The number of alkyl halides is 3. The summed E-state index contributed by atoms with van der Waals surface area (Å²) < 4.78 is 46.3. The molecule has 0 unspecified atom stereocenters. The number of carbonyl (C=O) groups is 2. The highest BCUT2D eigenvalue weighted by Crippen LogP contribution is 2.30. The molecule has 0 radical (unpaired) electrons. The number of nitrogens with one attached hydrogen (secondary N) is 1. The van der Waals surface area contributed by atoms with Gasteiger partial charge in [0.2, 0.25) is 5.91 Å². The third-order valence-electron chi connectivity index (χ3n) is 6.40. The Morgan fingerprint density at radius 3 is 2.68 bits per heavy atom.